The third-order valence-electron chi connectivity index (χ3n) is 3.95. The Morgan fingerprint density at radius 3 is 2.57 bits per heavy atom. The van der Waals surface area contributed by atoms with Crippen molar-refractivity contribution < 1.29 is 14.3 Å². The number of carbonyl (C=O) groups excluding carboxylic acids is 1. The van der Waals surface area contributed by atoms with Crippen molar-refractivity contribution in [2.45, 2.75) is 26.2 Å². The van der Waals surface area contributed by atoms with E-state index in [0.717, 1.165) is 5.69 Å². The van der Waals surface area contributed by atoms with Crippen molar-refractivity contribution in [2.75, 3.05) is 18.7 Å². The summed E-state index contributed by atoms with van der Waals surface area (Å²) >= 11 is 0. The molecule has 1 aliphatic rings. The van der Waals surface area contributed by atoms with Crippen molar-refractivity contribution in [1.82, 2.24) is 0 Å². The molecule has 0 unspecified atom stereocenters. The first-order chi connectivity index (χ1) is 11.1. The molecular weight excluding hydrogens is 290 g/mol. The van der Waals surface area contributed by atoms with E-state index in [9.17, 15) is 4.79 Å². The van der Waals surface area contributed by atoms with Gasteiger partial charge in [0.25, 0.3) is 0 Å². The highest BCUT2D eigenvalue weighted by Gasteiger charge is 2.15. The van der Waals surface area contributed by atoms with Crippen molar-refractivity contribution in [3.8, 4) is 11.5 Å². The zero-order valence-electron chi connectivity index (χ0n) is 13.5. The fourth-order valence-corrected chi connectivity index (χ4v) is 2.52. The van der Waals surface area contributed by atoms with Crippen molar-refractivity contribution >= 4 is 11.5 Å². The quantitative estimate of drug-likeness (QED) is 0.811. The Kier molecular flexibility index (Phi) is 4.51. The van der Waals surface area contributed by atoms with Crippen LogP contribution in [-0.2, 0) is 0 Å². The molecule has 23 heavy (non-hydrogen) atoms. The van der Waals surface area contributed by atoms with Gasteiger partial charge in [-0.1, -0.05) is 26.0 Å². The highest BCUT2D eigenvalue weighted by atomic mass is 16.7. The number of hydrogen-bond donors (Lipinski definition) is 1. The molecule has 4 nitrogen and oxygen atoms in total. The maximum atomic E-state index is 12.2. The normalized spacial score (nSPS) is 12.5. The van der Waals surface area contributed by atoms with E-state index < -0.39 is 0 Å². The van der Waals surface area contributed by atoms with Gasteiger partial charge < -0.3 is 14.8 Å². The second-order valence-electron chi connectivity index (χ2n) is 5.94. The number of benzene rings is 2. The SMILES string of the molecule is CC(C)c1ccc(NCCC(=O)c2ccc3c(c2)OCO3)cc1. The molecular formula is C19H21NO3. The second kappa shape index (κ2) is 6.73. The summed E-state index contributed by atoms with van der Waals surface area (Å²) in [5.41, 5.74) is 3.01. The molecule has 3 rings (SSSR count). The molecule has 0 bridgehead atoms. The number of rotatable bonds is 6. The van der Waals surface area contributed by atoms with Crippen LogP contribution in [-0.4, -0.2) is 19.1 Å². The Bertz CT molecular complexity index is 692. The Morgan fingerprint density at radius 1 is 1.09 bits per heavy atom. The van der Waals surface area contributed by atoms with Gasteiger partial charge in [0.05, 0.1) is 0 Å². The van der Waals surface area contributed by atoms with Crippen LogP contribution in [0.4, 0.5) is 5.69 Å². The smallest absolute Gasteiger partial charge is 0.231 e. The van der Waals surface area contributed by atoms with Crippen molar-refractivity contribution in [2.24, 2.45) is 0 Å². The zero-order chi connectivity index (χ0) is 16.2. The van der Waals surface area contributed by atoms with Gasteiger partial charge in [-0.3, -0.25) is 4.79 Å². The summed E-state index contributed by atoms with van der Waals surface area (Å²) in [5, 5.41) is 3.29. The number of anilines is 1. The minimum atomic E-state index is 0.0922. The molecule has 120 valence electrons. The summed E-state index contributed by atoms with van der Waals surface area (Å²) < 4.78 is 10.6. The molecule has 0 aliphatic carbocycles. The zero-order valence-corrected chi connectivity index (χ0v) is 13.5. The molecule has 0 fully saturated rings. The van der Waals surface area contributed by atoms with Crippen LogP contribution in [0.3, 0.4) is 0 Å². The average Bonchev–Trinajstić information content (AvgIpc) is 3.02. The van der Waals surface area contributed by atoms with Crippen LogP contribution in [0.5, 0.6) is 11.5 Å². The molecule has 2 aromatic rings. The van der Waals surface area contributed by atoms with Crippen LogP contribution in [0.1, 0.15) is 42.1 Å². The number of Topliss-reactive ketones (excluding diaryl/α,β-unsaturated/α-hetero) is 1. The lowest BCUT2D eigenvalue weighted by Crippen LogP contribution is -2.09. The Hall–Kier alpha value is -2.49. The first-order valence-corrected chi connectivity index (χ1v) is 7.90. The maximum absolute atomic E-state index is 12.2. The largest absolute Gasteiger partial charge is 0.454 e. The van der Waals surface area contributed by atoms with E-state index in [4.69, 9.17) is 9.47 Å². The minimum Gasteiger partial charge on any atom is -0.454 e. The van der Waals surface area contributed by atoms with Crippen LogP contribution < -0.4 is 14.8 Å². The molecule has 2 aromatic carbocycles. The van der Waals surface area contributed by atoms with Crippen LogP contribution in [0.25, 0.3) is 0 Å². The molecule has 1 aliphatic heterocycles. The summed E-state index contributed by atoms with van der Waals surface area (Å²) in [6, 6.07) is 13.7. The predicted molar refractivity (Wildman–Crippen MR) is 90.5 cm³/mol. The lowest BCUT2D eigenvalue weighted by Gasteiger charge is -2.09. The van der Waals surface area contributed by atoms with E-state index in [-0.39, 0.29) is 12.6 Å². The van der Waals surface area contributed by atoms with Crippen molar-refractivity contribution in [3.05, 3.63) is 53.6 Å². The van der Waals surface area contributed by atoms with Gasteiger partial charge in [0, 0.05) is 24.2 Å². The molecule has 1 heterocycles. The number of ether oxygens (including phenoxy) is 2. The fraction of sp³-hybridized carbons (Fsp3) is 0.316. The lowest BCUT2D eigenvalue weighted by atomic mass is 10.0. The summed E-state index contributed by atoms with van der Waals surface area (Å²) in [6.07, 6.45) is 0.436. The van der Waals surface area contributed by atoms with E-state index in [1.165, 1.54) is 5.56 Å². The van der Waals surface area contributed by atoms with Gasteiger partial charge in [-0.05, 0) is 41.8 Å². The van der Waals surface area contributed by atoms with Gasteiger partial charge in [-0.15, -0.1) is 0 Å². The second-order valence-corrected chi connectivity index (χ2v) is 5.94. The molecule has 0 saturated heterocycles. The monoisotopic (exact) mass is 311 g/mol. The van der Waals surface area contributed by atoms with Crippen LogP contribution >= 0.6 is 0 Å². The first kappa shape index (κ1) is 15.4. The molecule has 1 N–H and O–H groups in total. The summed E-state index contributed by atoms with van der Waals surface area (Å²) in [7, 11) is 0. The standard InChI is InChI=1S/C19H21NO3/c1-13(2)14-3-6-16(7-4-14)20-10-9-17(21)15-5-8-18-19(11-15)23-12-22-18/h3-8,11,13,20H,9-10,12H2,1-2H3. The Balaban J connectivity index is 1.53. The van der Waals surface area contributed by atoms with Crippen molar-refractivity contribution in [3.63, 3.8) is 0 Å². The van der Waals surface area contributed by atoms with E-state index >= 15 is 0 Å². The van der Waals surface area contributed by atoms with Gasteiger partial charge in [0.15, 0.2) is 17.3 Å². The average molecular weight is 311 g/mol. The van der Waals surface area contributed by atoms with E-state index in [1.54, 1.807) is 18.2 Å². The fourth-order valence-electron chi connectivity index (χ4n) is 2.52. The van der Waals surface area contributed by atoms with Crippen LogP contribution in [0, 0.1) is 0 Å². The number of ketones is 1. The van der Waals surface area contributed by atoms with Crippen molar-refractivity contribution in [1.29, 1.82) is 0 Å². The summed E-state index contributed by atoms with van der Waals surface area (Å²) in [4.78, 5) is 12.2. The molecule has 4 heteroatoms. The highest BCUT2D eigenvalue weighted by molar-refractivity contribution is 5.97. The molecule has 0 amide bonds. The Morgan fingerprint density at radius 2 is 1.83 bits per heavy atom. The predicted octanol–water partition coefficient (Wildman–Crippen LogP) is 4.22. The Labute approximate surface area is 136 Å². The molecule has 0 atom stereocenters. The maximum Gasteiger partial charge on any atom is 0.231 e. The number of hydrogen-bond acceptors (Lipinski definition) is 4. The van der Waals surface area contributed by atoms with Crippen LogP contribution in [0.15, 0.2) is 42.5 Å². The van der Waals surface area contributed by atoms with Crippen LogP contribution in [0.2, 0.25) is 0 Å². The minimum absolute atomic E-state index is 0.0922. The number of nitrogens with one attached hydrogen (secondary N) is 1. The van der Waals surface area contributed by atoms with E-state index in [0.29, 0.717) is 35.9 Å². The lowest BCUT2D eigenvalue weighted by molar-refractivity contribution is 0.0986. The summed E-state index contributed by atoms with van der Waals surface area (Å²) in [6.45, 7) is 5.17. The van der Waals surface area contributed by atoms with Gasteiger partial charge in [0.1, 0.15) is 0 Å². The topological polar surface area (TPSA) is 47.6 Å². The molecule has 0 aromatic heterocycles. The van der Waals surface area contributed by atoms with Gasteiger partial charge in [0.2, 0.25) is 6.79 Å². The molecule has 0 radical (unpaired) electrons. The van der Waals surface area contributed by atoms with E-state index in [2.05, 4.69) is 43.4 Å². The highest BCUT2D eigenvalue weighted by Crippen LogP contribution is 2.32. The van der Waals surface area contributed by atoms with Gasteiger partial charge in [-0.2, -0.15) is 0 Å². The van der Waals surface area contributed by atoms with Gasteiger partial charge >= 0.3 is 0 Å². The summed E-state index contributed by atoms with van der Waals surface area (Å²) in [5.74, 6) is 1.96. The number of carbonyl (C=O) groups is 1. The third-order valence-corrected chi connectivity index (χ3v) is 3.95. The molecule has 0 spiro atoms. The van der Waals surface area contributed by atoms with Gasteiger partial charge in [-0.25, -0.2) is 0 Å². The third kappa shape index (κ3) is 3.65. The number of fused-ring (bicyclic) bond motifs is 1. The molecule has 0 saturated carbocycles. The first-order valence-electron chi connectivity index (χ1n) is 7.90. The van der Waals surface area contributed by atoms with E-state index in [1.807, 2.05) is 0 Å².